The maximum atomic E-state index is 12.2. The van der Waals surface area contributed by atoms with Gasteiger partial charge < -0.3 is 4.74 Å². The zero-order valence-corrected chi connectivity index (χ0v) is 14.2. The average Bonchev–Trinajstić information content (AvgIpc) is 3.03. The maximum absolute atomic E-state index is 12.2. The summed E-state index contributed by atoms with van der Waals surface area (Å²) in [5.74, 6) is -1.14. The SMILES string of the molecule is O=C1OC(=O)c2ccc3c4c(ccc1c24)-c1ccc(-c2ccccc2)cc1-3. The van der Waals surface area contributed by atoms with Crippen LogP contribution in [0.2, 0.25) is 0 Å². The van der Waals surface area contributed by atoms with E-state index in [4.69, 9.17) is 4.74 Å². The lowest BCUT2D eigenvalue weighted by atomic mass is 9.93. The highest BCUT2D eigenvalue weighted by molar-refractivity contribution is 6.28. The van der Waals surface area contributed by atoms with Crippen molar-refractivity contribution in [1.29, 1.82) is 0 Å². The number of carbonyl (C=O) groups is 2. The molecule has 0 bridgehead atoms. The fraction of sp³-hybridized carbons (Fsp3) is 0. The average molecular weight is 348 g/mol. The number of benzene rings is 4. The summed E-state index contributed by atoms with van der Waals surface area (Å²) in [5, 5.41) is 1.68. The normalized spacial score (nSPS) is 13.6. The van der Waals surface area contributed by atoms with Crippen LogP contribution in [0.25, 0.3) is 44.2 Å². The van der Waals surface area contributed by atoms with Gasteiger partial charge in [0, 0.05) is 5.39 Å². The van der Waals surface area contributed by atoms with E-state index in [0.717, 1.165) is 38.8 Å². The third-order valence-electron chi connectivity index (χ3n) is 5.49. The van der Waals surface area contributed by atoms with Crippen molar-refractivity contribution < 1.29 is 14.3 Å². The number of carbonyl (C=O) groups excluding carboxylic acids is 2. The van der Waals surface area contributed by atoms with E-state index in [9.17, 15) is 9.59 Å². The van der Waals surface area contributed by atoms with Gasteiger partial charge in [-0.1, -0.05) is 54.6 Å². The highest BCUT2D eigenvalue weighted by atomic mass is 16.6. The Kier molecular flexibility index (Phi) is 2.63. The van der Waals surface area contributed by atoms with Gasteiger partial charge in [0.15, 0.2) is 0 Å². The van der Waals surface area contributed by atoms with Crippen LogP contribution in [0.1, 0.15) is 20.7 Å². The van der Waals surface area contributed by atoms with Crippen molar-refractivity contribution in [2.75, 3.05) is 0 Å². The first-order valence-electron chi connectivity index (χ1n) is 8.79. The minimum atomic E-state index is -0.572. The molecule has 4 aromatic rings. The number of ether oxygens (including phenoxy) is 1. The molecule has 0 saturated heterocycles. The molecule has 0 fully saturated rings. The number of hydrogen-bond donors (Lipinski definition) is 0. The van der Waals surface area contributed by atoms with Gasteiger partial charge in [0.25, 0.3) is 0 Å². The van der Waals surface area contributed by atoms with Crippen molar-refractivity contribution in [3.05, 3.63) is 83.9 Å². The van der Waals surface area contributed by atoms with Crippen LogP contribution in [0.4, 0.5) is 0 Å². The summed E-state index contributed by atoms with van der Waals surface area (Å²) < 4.78 is 4.88. The van der Waals surface area contributed by atoms with E-state index in [1.54, 1.807) is 12.1 Å². The standard InChI is InChI=1S/C24H12O3/c25-23-18-10-8-16-15-7-6-14(13-4-2-1-3-5-13)12-20(15)17-9-11-19(24(26)27-23)22(18)21(16)17/h1-12H. The van der Waals surface area contributed by atoms with Crippen molar-refractivity contribution in [2.45, 2.75) is 0 Å². The molecule has 0 unspecified atom stereocenters. The molecule has 0 spiro atoms. The minimum absolute atomic E-state index is 0.460. The van der Waals surface area contributed by atoms with E-state index in [1.165, 1.54) is 0 Å². The zero-order valence-electron chi connectivity index (χ0n) is 14.2. The van der Waals surface area contributed by atoms with Gasteiger partial charge in [0.2, 0.25) is 0 Å². The number of esters is 2. The summed E-state index contributed by atoms with van der Waals surface area (Å²) >= 11 is 0. The second-order valence-electron chi connectivity index (χ2n) is 6.87. The van der Waals surface area contributed by atoms with Gasteiger partial charge in [-0.3, -0.25) is 0 Å². The molecule has 0 atom stereocenters. The van der Waals surface area contributed by atoms with Crippen molar-refractivity contribution in [1.82, 2.24) is 0 Å². The quantitative estimate of drug-likeness (QED) is 0.298. The molecular weight excluding hydrogens is 336 g/mol. The van der Waals surface area contributed by atoms with E-state index in [1.807, 2.05) is 30.3 Å². The highest BCUT2D eigenvalue weighted by Gasteiger charge is 2.32. The molecule has 0 saturated carbocycles. The molecule has 0 amide bonds. The topological polar surface area (TPSA) is 43.4 Å². The van der Waals surface area contributed by atoms with Crippen molar-refractivity contribution in [2.24, 2.45) is 0 Å². The lowest BCUT2D eigenvalue weighted by Crippen LogP contribution is -2.19. The van der Waals surface area contributed by atoms with Gasteiger partial charge in [0.1, 0.15) is 0 Å². The molecule has 1 aliphatic heterocycles. The van der Waals surface area contributed by atoms with Crippen LogP contribution in [-0.2, 0) is 4.74 Å². The molecule has 3 nitrogen and oxygen atoms in total. The van der Waals surface area contributed by atoms with E-state index < -0.39 is 11.9 Å². The van der Waals surface area contributed by atoms with Gasteiger partial charge in [-0.15, -0.1) is 0 Å². The Hall–Kier alpha value is -3.72. The largest absolute Gasteiger partial charge is 0.386 e. The third kappa shape index (κ3) is 1.80. The number of hydrogen-bond acceptors (Lipinski definition) is 3. The van der Waals surface area contributed by atoms with Crippen LogP contribution in [-0.4, -0.2) is 11.9 Å². The van der Waals surface area contributed by atoms with Crippen LogP contribution >= 0.6 is 0 Å². The smallest absolute Gasteiger partial charge is 0.346 e. The summed E-state index contributed by atoms with van der Waals surface area (Å²) in [4.78, 5) is 24.4. The Bertz CT molecular complexity index is 1300. The van der Waals surface area contributed by atoms with E-state index >= 15 is 0 Å². The molecule has 1 heterocycles. The summed E-state index contributed by atoms with van der Waals surface area (Å²) in [6.07, 6.45) is 0. The number of fused-ring (bicyclic) bond motifs is 3. The Morgan fingerprint density at radius 2 is 1.04 bits per heavy atom. The predicted octanol–water partition coefficient (Wildman–Crippen LogP) is 5.46. The molecule has 3 heteroatoms. The number of rotatable bonds is 1. The molecule has 1 aliphatic carbocycles. The first-order chi connectivity index (χ1) is 13.2. The predicted molar refractivity (Wildman–Crippen MR) is 104 cm³/mol. The Labute approximate surface area is 154 Å². The summed E-state index contributed by atoms with van der Waals surface area (Å²) in [6, 6.07) is 24.1. The third-order valence-corrected chi connectivity index (χ3v) is 5.49. The van der Waals surface area contributed by atoms with E-state index in [0.29, 0.717) is 16.5 Å². The van der Waals surface area contributed by atoms with Gasteiger partial charge in [-0.2, -0.15) is 0 Å². The second-order valence-corrected chi connectivity index (χ2v) is 6.87. The van der Waals surface area contributed by atoms with Crippen molar-refractivity contribution in [3.63, 3.8) is 0 Å². The van der Waals surface area contributed by atoms with Gasteiger partial charge in [-0.05, 0) is 57.0 Å². The molecule has 6 rings (SSSR count). The van der Waals surface area contributed by atoms with Crippen LogP contribution < -0.4 is 0 Å². The van der Waals surface area contributed by atoms with Gasteiger partial charge in [0.05, 0.1) is 11.1 Å². The summed E-state index contributed by atoms with van der Waals surface area (Å²) in [6.45, 7) is 0. The molecule has 0 N–H and O–H groups in total. The lowest BCUT2D eigenvalue weighted by molar-refractivity contribution is 0.0391. The fourth-order valence-corrected chi connectivity index (χ4v) is 4.29. The Balaban J connectivity index is 1.68. The fourth-order valence-electron chi connectivity index (χ4n) is 4.29. The van der Waals surface area contributed by atoms with Crippen LogP contribution in [0.5, 0.6) is 0 Å². The van der Waals surface area contributed by atoms with Crippen LogP contribution in [0, 0.1) is 0 Å². The summed E-state index contributed by atoms with van der Waals surface area (Å²) in [7, 11) is 0. The first-order valence-corrected chi connectivity index (χ1v) is 8.79. The molecule has 0 radical (unpaired) electrons. The molecule has 4 aromatic carbocycles. The highest BCUT2D eigenvalue weighted by Crippen LogP contribution is 2.50. The maximum Gasteiger partial charge on any atom is 0.346 e. The minimum Gasteiger partial charge on any atom is -0.386 e. The molecule has 0 aromatic heterocycles. The van der Waals surface area contributed by atoms with E-state index in [2.05, 4.69) is 30.3 Å². The summed E-state index contributed by atoms with van der Waals surface area (Å²) in [5.41, 5.74) is 7.58. The lowest BCUT2D eigenvalue weighted by Gasteiger charge is -2.16. The number of cyclic esters (lactones) is 2. The van der Waals surface area contributed by atoms with Gasteiger partial charge in [-0.25, -0.2) is 9.59 Å². The molecule has 2 aliphatic rings. The van der Waals surface area contributed by atoms with Crippen LogP contribution in [0.3, 0.4) is 0 Å². The van der Waals surface area contributed by atoms with Crippen molar-refractivity contribution >= 4 is 22.7 Å². The van der Waals surface area contributed by atoms with E-state index in [-0.39, 0.29) is 0 Å². The molecular formula is C24H12O3. The second kappa shape index (κ2) is 4.92. The zero-order chi connectivity index (χ0) is 18.1. The van der Waals surface area contributed by atoms with Gasteiger partial charge >= 0.3 is 11.9 Å². The van der Waals surface area contributed by atoms with Crippen LogP contribution in [0.15, 0.2) is 72.8 Å². The molecule has 27 heavy (non-hydrogen) atoms. The van der Waals surface area contributed by atoms with Crippen molar-refractivity contribution in [3.8, 4) is 33.4 Å². The monoisotopic (exact) mass is 348 g/mol. The Morgan fingerprint density at radius 3 is 1.74 bits per heavy atom. The first kappa shape index (κ1) is 14.4. The molecule has 126 valence electrons. The Morgan fingerprint density at radius 1 is 0.481 bits per heavy atom.